The minimum Gasteiger partial charge on any atom is -0.381 e. The molecule has 3 nitrogen and oxygen atoms in total. The highest BCUT2D eigenvalue weighted by Gasteiger charge is 2.21. The van der Waals surface area contributed by atoms with Gasteiger partial charge in [-0.2, -0.15) is 0 Å². The summed E-state index contributed by atoms with van der Waals surface area (Å²) in [6.07, 6.45) is 0.585. The highest BCUT2D eigenvalue weighted by molar-refractivity contribution is 5.89. The lowest BCUT2D eigenvalue weighted by molar-refractivity contribution is -0.119. The van der Waals surface area contributed by atoms with Gasteiger partial charge in [-0.1, -0.05) is 19.1 Å². The van der Waals surface area contributed by atoms with Crippen LogP contribution in [-0.2, 0) is 4.79 Å². The Hall–Kier alpha value is -1.51. The number of benzene rings is 1. The standard InChI is InChI=1S/C11H14N2O/c1-2-11(14)10-7-12-8-5-3-4-6-9(8)13-10/h3-6,10,12-13H,2,7H2,1H3. The molecule has 1 aliphatic heterocycles. The van der Waals surface area contributed by atoms with Gasteiger partial charge in [0.15, 0.2) is 5.78 Å². The van der Waals surface area contributed by atoms with E-state index in [1.165, 1.54) is 0 Å². The van der Waals surface area contributed by atoms with Crippen LogP contribution in [0.2, 0.25) is 0 Å². The van der Waals surface area contributed by atoms with Crippen LogP contribution < -0.4 is 10.6 Å². The second kappa shape index (κ2) is 3.70. The number of carbonyl (C=O) groups is 1. The molecule has 1 aliphatic rings. The van der Waals surface area contributed by atoms with Crippen LogP contribution in [0.3, 0.4) is 0 Å². The van der Waals surface area contributed by atoms with Crippen molar-refractivity contribution in [3.05, 3.63) is 24.3 Å². The van der Waals surface area contributed by atoms with Gasteiger partial charge in [0.1, 0.15) is 6.04 Å². The number of para-hydroxylation sites is 2. The van der Waals surface area contributed by atoms with Crippen LogP contribution in [-0.4, -0.2) is 18.4 Å². The fraction of sp³-hybridized carbons (Fsp3) is 0.364. The van der Waals surface area contributed by atoms with E-state index >= 15 is 0 Å². The minimum atomic E-state index is -0.0742. The van der Waals surface area contributed by atoms with Gasteiger partial charge < -0.3 is 10.6 Å². The summed E-state index contributed by atoms with van der Waals surface area (Å²) in [6, 6.07) is 7.86. The molecule has 0 aromatic heterocycles. The quantitative estimate of drug-likeness (QED) is 0.748. The molecule has 0 saturated carbocycles. The zero-order valence-electron chi connectivity index (χ0n) is 8.21. The number of Topliss-reactive ketones (excluding diaryl/α,β-unsaturated/α-hetero) is 1. The first-order valence-corrected chi connectivity index (χ1v) is 4.93. The second-order valence-electron chi connectivity index (χ2n) is 3.44. The fourth-order valence-corrected chi connectivity index (χ4v) is 1.65. The first kappa shape index (κ1) is 9.06. The summed E-state index contributed by atoms with van der Waals surface area (Å²) in [5, 5.41) is 6.48. The van der Waals surface area contributed by atoms with Gasteiger partial charge in [0, 0.05) is 13.0 Å². The van der Waals surface area contributed by atoms with Crippen molar-refractivity contribution in [2.24, 2.45) is 0 Å². The molecule has 0 amide bonds. The summed E-state index contributed by atoms with van der Waals surface area (Å²) in [7, 11) is 0. The van der Waals surface area contributed by atoms with Crippen molar-refractivity contribution in [3.63, 3.8) is 0 Å². The summed E-state index contributed by atoms with van der Waals surface area (Å²) in [6.45, 7) is 2.58. The SMILES string of the molecule is CCC(=O)C1CNc2ccccc2N1. The molecule has 1 aromatic carbocycles. The summed E-state index contributed by atoms with van der Waals surface area (Å²) in [5.41, 5.74) is 2.10. The van der Waals surface area contributed by atoms with Gasteiger partial charge in [0.05, 0.1) is 11.4 Å². The zero-order chi connectivity index (χ0) is 9.97. The van der Waals surface area contributed by atoms with E-state index in [2.05, 4.69) is 10.6 Å². The normalized spacial score (nSPS) is 19.1. The van der Waals surface area contributed by atoms with Crippen LogP contribution in [0.15, 0.2) is 24.3 Å². The Kier molecular flexibility index (Phi) is 2.39. The predicted octanol–water partition coefficient (Wildman–Crippen LogP) is 1.87. The van der Waals surface area contributed by atoms with E-state index in [9.17, 15) is 4.79 Å². The third kappa shape index (κ3) is 1.58. The maximum absolute atomic E-state index is 11.5. The molecule has 1 aromatic rings. The number of hydrogen-bond acceptors (Lipinski definition) is 3. The van der Waals surface area contributed by atoms with Crippen molar-refractivity contribution in [2.45, 2.75) is 19.4 Å². The molecule has 2 N–H and O–H groups in total. The van der Waals surface area contributed by atoms with Crippen LogP contribution in [0.1, 0.15) is 13.3 Å². The largest absolute Gasteiger partial charge is 0.381 e. The first-order chi connectivity index (χ1) is 6.81. The number of carbonyl (C=O) groups excluding carboxylic acids is 1. The monoisotopic (exact) mass is 190 g/mol. The Morgan fingerprint density at radius 1 is 1.43 bits per heavy atom. The average Bonchev–Trinajstić information content (AvgIpc) is 2.27. The van der Waals surface area contributed by atoms with E-state index in [1.54, 1.807) is 0 Å². The van der Waals surface area contributed by atoms with Gasteiger partial charge in [-0.05, 0) is 12.1 Å². The molecule has 74 valence electrons. The Balaban J connectivity index is 2.17. The van der Waals surface area contributed by atoms with Gasteiger partial charge in [0.2, 0.25) is 0 Å². The molecule has 1 atom stereocenters. The molecule has 1 unspecified atom stereocenters. The van der Waals surface area contributed by atoms with E-state index < -0.39 is 0 Å². The summed E-state index contributed by atoms with van der Waals surface area (Å²) >= 11 is 0. The number of ketones is 1. The van der Waals surface area contributed by atoms with Crippen LogP contribution in [0.5, 0.6) is 0 Å². The number of hydrogen-bond donors (Lipinski definition) is 2. The Morgan fingerprint density at radius 2 is 2.14 bits per heavy atom. The third-order valence-corrected chi connectivity index (χ3v) is 2.49. The Labute approximate surface area is 83.5 Å². The van der Waals surface area contributed by atoms with E-state index in [0.717, 1.165) is 11.4 Å². The molecular formula is C11H14N2O. The lowest BCUT2D eigenvalue weighted by Gasteiger charge is -2.27. The highest BCUT2D eigenvalue weighted by atomic mass is 16.1. The lowest BCUT2D eigenvalue weighted by Crippen LogP contribution is -2.39. The molecule has 0 aliphatic carbocycles. The smallest absolute Gasteiger partial charge is 0.156 e. The molecule has 0 radical (unpaired) electrons. The fourth-order valence-electron chi connectivity index (χ4n) is 1.65. The molecule has 0 fully saturated rings. The molecule has 0 bridgehead atoms. The van der Waals surface area contributed by atoms with Gasteiger partial charge in [0.25, 0.3) is 0 Å². The summed E-state index contributed by atoms with van der Waals surface area (Å²) < 4.78 is 0. The molecule has 0 saturated heterocycles. The molecule has 1 heterocycles. The van der Waals surface area contributed by atoms with Crippen LogP contribution >= 0.6 is 0 Å². The van der Waals surface area contributed by atoms with Gasteiger partial charge in [-0.15, -0.1) is 0 Å². The average molecular weight is 190 g/mol. The molecular weight excluding hydrogens is 176 g/mol. The van der Waals surface area contributed by atoms with Crippen molar-refractivity contribution in [1.29, 1.82) is 0 Å². The van der Waals surface area contributed by atoms with Gasteiger partial charge in [-0.3, -0.25) is 4.79 Å². The van der Waals surface area contributed by atoms with E-state index in [4.69, 9.17) is 0 Å². The molecule has 2 rings (SSSR count). The number of anilines is 2. The topological polar surface area (TPSA) is 41.1 Å². The maximum atomic E-state index is 11.5. The number of fused-ring (bicyclic) bond motifs is 1. The molecule has 0 spiro atoms. The zero-order valence-corrected chi connectivity index (χ0v) is 8.21. The highest BCUT2D eigenvalue weighted by Crippen LogP contribution is 2.25. The number of rotatable bonds is 2. The van der Waals surface area contributed by atoms with Crippen LogP contribution in [0, 0.1) is 0 Å². The first-order valence-electron chi connectivity index (χ1n) is 4.93. The van der Waals surface area contributed by atoms with Crippen LogP contribution in [0.25, 0.3) is 0 Å². The van der Waals surface area contributed by atoms with Crippen molar-refractivity contribution in [2.75, 3.05) is 17.2 Å². The van der Waals surface area contributed by atoms with Gasteiger partial charge in [-0.25, -0.2) is 0 Å². The van der Waals surface area contributed by atoms with Crippen molar-refractivity contribution < 1.29 is 4.79 Å². The predicted molar refractivity (Wildman–Crippen MR) is 57.6 cm³/mol. The van der Waals surface area contributed by atoms with Crippen molar-refractivity contribution >= 4 is 17.2 Å². The molecule has 14 heavy (non-hydrogen) atoms. The van der Waals surface area contributed by atoms with Gasteiger partial charge >= 0.3 is 0 Å². The van der Waals surface area contributed by atoms with E-state index in [1.807, 2.05) is 31.2 Å². The van der Waals surface area contributed by atoms with E-state index in [0.29, 0.717) is 13.0 Å². The van der Waals surface area contributed by atoms with E-state index in [-0.39, 0.29) is 11.8 Å². The van der Waals surface area contributed by atoms with Crippen molar-refractivity contribution in [3.8, 4) is 0 Å². The second-order valence-corrected chi connectivity index (χ2v) is 3.44. The van der Waals surface area contributed by atoms with Crippen molar-refractivity contribution in [1.82, 2.24) is 0 Å². The Morgan fingerprint density at radius 3 is 2.86 bits per heavy atom. The Bertz CT molecular complexity index is 349. The van der Waals surface area contributed by atoms with Crippen LogP contribution in [0.4, 0.5) is 11.4 Å². The lowest BCUT2D eigenvalue weighted by atomic mass is 10.1. The maximum Gasteiger partial charge on any atom is 0.156 e. The number of nitrogens with one attached hydrogen (secondary N) is 2. The summed E-state index contributed by atoms with van der Waals surface area (Å²) in [5.74, 6) is 0.256. The summed E-state index contributed by atoms with van der Waals surface area (Å²) in [4.78, 5) is 11.5. The third-order valence-electron chi connectivity index (χ3n) is 2.49. The minimum absolute atomic E-state index is 0.0742. The molecule has 3 heteroatoms.